The first-order valence-electron chi connectivity index (χ1n) is 7.47. The smallest absolute Gasteiger partial charge is 0.0950 e. The molecule has 2 rings (SSSR count). The number of piperazine rings is 1. The Morgan fingerprint density at radius 2 is 1.85 bits per heavy atom. The first kappa shape index (κ1) is 15.4. The van der Waals surface area contributed by atoms with Gasteiger partial charge < -0.3 is 15.2 Å². The van der Waals surface area contributed by atoms with E-state index in [9.17, 15) is 0 Å². The minimum absolute atomic E-state index is 0.667. The van der Waals surface area contributed by atoms with Gasteiger partial charge in [-0.15, -0.1) is 0 Å². The first-order chi connectivity index (χ1) is 9.67. The summed E-state index contributed by atoms with van der Waals surface area (Å²) < 4.78 is 2.07. The molecule has 1 aliphatic rings. The number of imidazole rings is 1. The summed E-state index contributed by atoms with van der Waals surface area (Å²) in [5.41, 5.74) is 6.70. The molecule has 20 heavy (non-hydrogen) atoms. The SMILES string of the molecule is CN(C)CCN1CCN(Cc2cn(CCN)cn2)CC1. The fraction of sp³-hybridized carbons (Fsp3) is 0.786. The Balaban J connectivity index is 1.70. The van der Waals surface area contributed by atoms with E-state index in [1.54, 1.807) is 0 Å². The molecule has 0 aromatic carbocycles. The Bertz CT molecular complexity index is 381. The maximum absolute atomic E-state index is 5.55. The highest BCUT2D eigenvalue weighted by atomic mass is 15.3. The Kier molecular flexibility index (Phi) is 5.97. The van der Waals surface area contributed by atoms with Gasteiger partial charge in [0.1, 0.15) is 0 Å². The Hall–Kier alpha value is -0.950. The third kappa shape index (κ3) is 4.86. The average molecular weight is 280 g/mol. The minimum atomic E-state index is 0.667. The Labute approximate surface area is 122 Å². The fourth-order valence-corrected chi connectivity index (χ4v) is 2.50. The number of rotatable bonds is 7. The molecule has 1 aromatic heterocycles. The lowest BCUT2D eigenvalue weighted by Gasteiger charge is -2.34. The molecular weight excluding hydrogens is 252 g/mol. The van der Waals surface area contributed by atoms with E-state index < -0.39 is 0 Å². The van der Waals surface area contributed by atoms with Crippen LogP contribution in [0.2, 0.25) is 0 Å². The number of likely N-dealkylation sites (N-methyl/N-ethyl adjacent to an activating group) is 1. The molecule has 0 bridgehead atoms. The summed E-state index contributed by atoms with van der Waals surface area (Å²) in [4.78, 5) is 11.7. The molecule has 0 aliphatic carbocycles. The fourth-order valence-electron chi connectivity index (χ4n) is 2.50. The summed E-state index contributed by atoms with van der Waals surface area (Å²) in [6.07, 6.45) is 4.00. The second-order valence-electron chi connectivity index (χ2n) is 5.81. The minimum Gasteiger partial charge on any atom is -0.336 e. The quantitative estimate of drug-likeness (QED) is 0.731. The lowest BCUT2D eigenvalue weighted by atomic mass is 10.3. The van der Waals surface area contributed by atoms with Gasteiger partial charge in [0.2, 0.25) is 0 Å². The van der Waals surface area contributed by atoms with Crippen LogP contribution in [0.15, 0.2) is 12.5 Å². The van der Waals surface area contributed by atoms with Crippen LogP contribution in [-0.4, -0.2) is 84.2 Å². The van der Waals surface area contributed by atoms with Crippen LogP contribution in [0, 0.1) is 0 Å². The lowest BCUT2D eigenvalue weighted by molar-refractivity contribution is 0.119. The van der Waals surface area contributed by atoms with Crippen LogP contribution < -0.4 is 5.73 Å². The van der Waals surface area contributed by atoms with E-state index in [4.69, 9.17) is 5.73 Å². The standard InChI is InChI=1S/C14H28N6/c1-17(2)5-6-18-7-9-19(10-8-18)11-14-12-20(4-3-15)13-16-14/h12-13H,3-11,15H2,1-2H3. The number of aromatic nitrogens is 2. The lowest BCUT2D eigenvalue weighted by Crippen LogP contribution is -2.47. The molecule has 0 spiro atoms. The third-order valence-electron chi connectivity index (χ3n) is 3.79. The average Bonchev–Trinajstić information content (AvgIpc) is 2.86. The van der Waals surface area contributed by atoms with Crippen molar-refractivity contribution in [2.45, 2.75) is 13.1 Å². The summed E-state index contributed by atoms with van der Waals surface area (Å²) in [6, 6.07) is 0. The van der Waals surface area contributed by atoms with Crippen LogP contribution in [0.5, 0.6) is 0 Å². The van der Waals surface area contributed by atoms with Crippen LogP contribution in [0.1, 0.15) is 5.69 Å². The summed E-state index contributed by atoms with van der Waals surface area (Å²) in [6.45, 7) is 9.39. The zero-order valence-corrected chi connectivity index (χ0v) is 12.8. The summed E-state index contributed by atoms with van der Waals surface area (Å²) in [5.74, 6) is 0. The van der Waals surface area contributed by atoms with E-state index in [0.717, 1.165) is 51.5 Å². The van der Waals surface area contributed by atoms with Crippen molar-refractivity contribution in [3.8, 4) is 0 Å². The third-order valence-corrected chi connectivity index (χ3v) is 3.79. The Morgan fingerprint density at radius 1 is 1.15 bits per heavy atom. The van der Waals surface area contributed by atoms with Crippen LogP contribution in [-0.2, 0) is 13.1 Å². The maximum Gasteiger partial charge on any atom is 0.0950 e. The molecule has 6 heteroatoms. The molecule has 0 unspecified atom stereocenters. The van der Waals surface area contributed by atoms with Crippen molar-refractivity contribution in [3.63, 3.8) is 0 Å². The van der Waals surface area contributed by atoms with Gasteiger partial charge in [-0.1, -0.05) is 0 Å². The molecule has 0 saturated carbocycles. The summed E-state index contributed by atoms with van der Waals surface area (Å²) in [7, 11) is 4.27. The van der Waals surface area contributed by atoms with Crippen molar-refractivity contribution in [1.29, 1.82) is 0 Å². The molecule has 0 atom stereocenters. The molecule has 0 amide bonds. The first-order valence-corrected chi connectivity index (χ1v) is 7.47. The van der Waals surface area contributed by atoms with Crippen LogP contribution in [0.3, 0.4) is 0 Å². The highest BCUT2D eigenvalue weighted by Crippen LogP contribution is 2.07. The molecule has 6 nitrogen and oxygen atoms in total. The number of hydrogen-bond acceptors (Lipinski definition) is 5. The summed E-state index contributed by atoms with van der Waals surface area (Å²) >= 11 is 0. The van der Waals surface area contributed by atoms with Crippen LogP contribution in [0.25, 0.3) is 0 Å². The molecule has 2 heterocycles. The van der Waals surface area contributed by atoms with Crippen molar-refractivity contribution in [3.05, 3.63) is 18.2 Å². The second-order valence-corrected chi connectivity index (χ2v) is 5.81. The summed E-state index contributed by atoms with van der Waals surface area (Å²) in [5, 5.41) is 0. The molecule has 1 aromatic rings. The van der Waals surface area contributed by atoms with E-state index in [1.807, 2.05) is 6.33 Å². The van der Waals surface area contributed by atoms with Crippen molar-refractivity contribution in [2.75, 3.05) is 59.9 Å². The van der Waals surface area contributed by atoms with Gasteiger partial charge in [-0.2, -0.15) is 0 Å². The predicted octanol–water partition coefficient (Wildman–Crippen LogP) is -0.479. The normalized spacial score (nSPS) is 18.0. The van der Waals surface area contributed by atoms with E-state index in [-0.39, 0.29) is 0 Å². The van der Waals surface area contributed by atoms with Gasteiger partial charge in [0.25, 0.3) is 0 Å². The monoisotopic (exact) mass is 280 g/mol. The zero-order valence-electron chi connectivity index (χ0n) is 12.8. The van der Waals surface area contributed by atoms with E-state index in [2.05, 4.69) is 44.5 Å². The number of nitrogens with two attached hydrogens (primary N) is 1. The second kappa shape index (κ2) is 7.73. The largest absolute Gasteiger partial charge is 0.336 e. The highest BCUT2D eigenvalue weighted by molar-refractivity contribution is 4.97. The van der Waals surface area contributed by atoms with Crippen molar-refractivity contribution >= 4 is 0 Å². The van der Waals surface area contributed by atoms with Gasteiger partial charge in [-0.3, -0.25) is 9.80 Å². The number of nitrogens with zero attached hydrogens (tertiary/aromatic N) is 5. The van der Waals surface area contributed by atoms with Gasteiger partial charge in [-0.05, 0) is 14.1 Å². The highest BCUT2D eigenvalue weighted by Gasteiger charge is 2.17. The van der Waals surface area contributed by atoms with Gasteiger partial charge >= 0.3 is 0 Å². The van der Waals surface area contributed by atoms with E-state index >= 15 is 0 Å². The molecule has 1 aliphatic heterocycles. The van der Waals surface area contributed by atoms with Crippen molar-refractivity contribution in [1.82, 2.24) is 24.3 Å². The maximum atomic E-state index is 5.55. The van der Waals surface area contributed by atoms with Gasteiger partial charge in [0.15, 0.2) is 0 Å². The van der Waals surface area contributed by atoms with Gasteiger partial charge in [-0.25, -0.2) is 4.98 Å². The molecule has 2 N–H and O–H groups in total. The van der Waals surface area contributed by atoms with E-state index in [1.165, 1.54) is 6.54 Å². The molecule has 114 valence electrons. The van der Waals surface area contributed by atoms with Gasteiger partial charge in [0.05, 0.1) is 12.0 Å². The molecule has 1 saturated heterocycles. The predicted molar refractivity (Wildman–Crippen MR) is 81.6 cm³/mol. The molecular formula is C14H28N6. The van der Waals surface area contributed by atoms with Gasteiger partial charge in [0, 0.05) is 65.1 Å². The topological polar surface area (TPSA) is 53.6 Å². The van der Waals surface area contributed by atoms with Crippen molar-refractivity contribution in [2.24, 2.45) is 5.73 Å². The van der Waals surface area contributed by atoms with Crippen LogP contribution in [0.4, 0.5) is 0 Å². The van der Waals surface area contributed by atoms with Crippen molar-refractivity contribution < 1.29 is 0 Å². The molecule has 1 fully saturated rings. The molecule has 0 radical (unpaired) electrons. The Morgan fingerprint density at radius 3 is 2.50 bits per heavy atom. The zero-order chi connectivity index (χ0) is 14.4. The van der Waals surface area contributed by atoms with Crippen LogP contribution >= 0.6 is 0 Å². The number of hydrogen-bond donors (Lipinski definition) is 1. The van der Waals surface area contributed by atoms with E-state index in [0.29, 0.717) is 6.54 Å².